The van der Waals surface area contributed by atoms with Crippen molar-refractivity contribution in [2.24, 2.45) is 0 Å². The highest BCUT2D eigenvalue weighted by Gasteiger charge is 2.41. The van der Waals surface area contributed by atoms with Crippen molar-refractivity contribution in [1.29, 1.82) is 0 Å². The number of fused-ring (bicyclic) bond motifs is 5. The summed E-state index contributed by atoms with van der Waals surface area (Å²) in [4.78, 5) is 5.05. The van der Waals surface area contributed by atoms with Crippen LogP contribution in [-0.4, -0.2) is 0 Å². The van der Waals surface area contributed by atoms with Crippen LogP contribution in [0.3, 0.4) is 0 Å². The summed E-state index contributed by atoms with van der Waals surface area (Å²) >= 11 is 0. The molecule has 0 atom stereocenters. The van der Waals surface area contributed by atoms with Crippen LogP contribution in [0.25, 0.3) is 43.4 Å². The van der Waals surface area contributed by atoms with Crippen LogP contribution in [0.2, 0.25) is 0 Å². The molecule has 9 aromatic carbocycles. The predicted octanol–water partition coefficient (Wildman–Crippen LogP) is 14.4. The average Bonchev–Trinajstić information content (AvgIpc) is 3.21. The second kappa shape index (κ2) is 12.3. The van der Waals surface area contributed by atoms with E-state index in [1.54, 1.807) is 0 Å². The highest BCUT2D eigenvalue weighted by Crippen LogP contribution is 2.58. The Hall–Kier alpha value is -6.64. The number of nitrogens with zero attached hydrogens (tertiary/aromatic N) is 2. The van der Waals surface area contributed by atoms with Crippen molar-refractivity contribution >= 4 is 66.4 Å². The van der Waals surface area contributed by atoms with Gasteiger partial charge in [-0.1, -0.05) is 172 Å². The first kappa shape index (κ1) is 31.1. The molecule has 10 rings (SSSR count). The van der Waals surface area contributed by atoms with E-state index < -0.39 is 0 Å². The van der Waals surface area contributed by atoms with Crippen molar-refractivity contribution in [3.63, 3.8) is 0 Å². The van der Waals surface area contributed by atoms with Crippen LogP contribution in [0, 0.1) is 0 Å². The fraction of sp³-hybridized carbons (Fsp3) is 0.0588. The second-order valence-electron chi connectivity index (χ2n) is 14.6. The molecule has 0 amide bonds. The van der Waals surface area contributed by atoms with Crippen molar-refractivity contribution in [1.82, 2.24) is 0 Å². The first-order valence-corrected chi connectivity index (χ1v) is 18.4. The van der Waals surface area contributed by atoms with Gasteiger partial charge in [-0.25, -0.2) is 0 Å². The molecular weight excluding hydrogens is 641 g/mol. The molecule has 9 aromatic rings. The molecule has 0 fully saturated rings. The van der Waals surface area contributed by atoms with Crippen molar-refractivity contribution in [2.75, 3.05) is 9.80 Å². The summed E-state index contributed by atoms with van der Waals surface area (Å²) in [6, 6.07) is 71.1. The van der Waals surface area contributed by atoms with Crippen molar-refractivity contribution in [3.8, 4) is 11.1 Å². The lowest BCUT2D eigenvalue weighted by Gasteiger charge is -2.45. The van der Waals surface area contributed by atoms with E-state index in [-0.39, 0.29) is 5.41 Å². The standard InChI is InChI=1S/C51H38N2/c1-51(2)44-25-12-13-26-46(44)53(50-42-24-11-9-20-38(42)31-33-43(50)37-17-4-3-5-18-37)48-29-15-28-47(49(48)51)52(40-32-30-35-16-6-7-21-39(35)34-40)45-27-14-22-36-19-8-10-23-41(36)45/h3-34H,1-2H3. The normalized spacial score (nSPS) is 13.2. The fourth-order valence-electron chi connectivity index (χ4n) is 8.72. The van der Waals surface area contributed by atoms with E-state index in [4.69, 9.17) is 0 Å². The Kier molecular flexibility index (Phi) is 7.19. The molecule has 53 heavy (non-hydrogen) atoms. The van der Waals surface area contributed by atoms with Gasteiger partial charge in [-0.2, -0.15) is 0 Å². The number of hydrogen-bond acceptors (Lipinski definition) is 2. The van der Waals surface area contributed by atoms with Crippen LogP contribution < -0.4 is 9.80 Å². The maximum absolute atomic E-state index is 2.55. The van der Waals surface area contributed by atoms with Crippen LogP contribution >= 0.6 is 0 Å². The van der Waals surface area contributed by atoms with Crippen LogP contribution in [0.15, 0.2) is 194 Å². The van der Waals surface area contributed by atoms with Gasteiger partial charge in [0, 0.05) is 33.0 Å². The first-order valence-electron chi connectivity index (χ1n) is 18.4. The molecule has 0 N–H and O–H groups in total. The van der Waals surface area contributed by atoms with Crippen molar-refractivity contribution in [3.05, 3.63) is 205 Å². The molecule has 0 bridgehead atoms. The van der Waals surface area contributed by atoms with Crippen molar-refractivity contribution in [2.45, 2.75) is 19.3 Å². The molecule has 2 heteroatoms. The molecule has 252 valence electrons. The number of para-hydroxylation sites is 1. The topological polar surface area (TPSA) is 6.48 Å². The zero-order chi connectivity index (χ0) is 35.5. The maximum Gasteiger partial charge on any atom is 0.0618 e. The van der Waals surface area contributed by atoms with Gasteiger partial charge in [0.25, 0.3) is 0 Å². The number of anilines is 6. The van der Waals surface area contributed by atoms with Gasteiger partial charge in [-0.05, 0) is 69.1 Å². The Balaban J connectivity index is 1.32. The summed E-state index contributed by atoms with van der Waals surface area (Å²) < 4.78 is 0. The Morgan fingerprint density at radius 1 is 0.434 bits per heavy atom. The highest BCUT2D eigenvalue weighted by molar-refractivity contribution is 6.09. The predicted molar refractivity (Wildman–Crippen MR) is 226 cm³/mol. The van der Waals surface area contributed by atoms with Gasteiger partial charge < -0.3 is 9.80 Å². The summed E-state index contributed by atoms with van der Waals surface area (Å²) in [5.74, 6) is 0. The van der Waals surface area contributed by atoms with E-state index in [1.807, 2.05) is 0 Å². The minimum atomic E-state index is -0.337. The molecule has 2 nitrogen and oxygen atoms in total. The van der Waals surface area contributed by atoms with Gasteiger partial charge in [0.15, 0.2) is 0 Å². The Labute approximate surface area is 310 Å². The average molecular weight is 679 g/mol. The van der Waals surface area contributed by atoms with Gasteiger partial charge in [-0.3, -0.25) is 0 Å². The molecule has 1 aliphatic rings. The fourth-order valence-corrected chi connectivity index (χ4v) is 8.72. The largest absolute Gasteiger partial charge is 0.309 e. The summed E-state index contributed by atoms with van der Waals surface area (Å²) in [7, 11) is 0. The number of hydrogen-bond donors (Lipinski definition) is 0. The first-order chi connectivity index (χ1) is 26.1. The van der Waals surface area contributed by atoms with Crippen molar-refractivity contribution < 1.29 is 0 Å². The lowest BCUT2D eigenvalue weighted by Crippen LogP contribution is -2.32. The number of rotatable bonds is 5. The van der Waals surface area contributed by atoms with E-state index in [0.29, 0.717) is 0 Å². The van der Waals surface area contributed by atoms with Crippen LogP contribution in [0.4, 0.5) is 34.1 Å². The lowest BCUT2D eigenvalue weighted by molar-refractivity contribution is 0.632. The molecule has 1 heterocycles. The molecule has 0 saturated carbocycles. The quantitative estimate of drug-likeness (QED) is 0.179. The zero-order valence-electron chi connectivity index (χ0n) is 29.9. The Morgan fingerprint density at radius 3 is 1.85 bits per heavy atom. The van der Waals surface area contributed by atoms with E-state index in [2.05, 4.69) is 218 Å². The summed E-state index contributed by atoms with van der Waals surface area (Å²) in [5, 5.41) is 7.32. The maximum atomic E-state index is 2.55. The summed E-state index contributed by atoms with van der Waals surface area (Å²) in [5.41, 5.74) is 11.7. The summed E-state index contributed by atoms with van der Waals surface area (Å²) in [6.45, 7) is 4.79. The Bertz CT molecular complexity index is 2830. The third kappa shape index (κ3) is 4.94. The molecule has 0 aliphatic carbocycles. The van der Waals surface area contributed by atoms with Gasteiger partial charge in [-0.15, -0.1) is 0 Å². The molecule has 0 aromatic heterocycles. The third-order valence-electron chi connectivity index (χ3n) is 11.2. The minimum absolute atomic E-state index is 0.337. The van der Waals surface area contributed by atoms with Gasteiger partial charge in [0.2, 0.25) is 0 Å². The van der Waals surface area contributed by atoms with E-state index in [1.165, 1.54) is 77.3 Å². The van der Waals surface area contributed by atoms with Crippen LogP contribution in [-0.2, 0) is 5.41 Å². The van der Waals surface area contributed by atoms with E-state index in [0.717, 1.165) is 11.4 Å². The molecule has 0 radical (unpaired) electrons. The van der Waals surface area contributed by atoms with Gasteiger partial charge >= 0.3 is 0 Å². The highest BCUT2D eigenvalue weighted by atomic mass is 15.2. The summed E-state index contributed by atoms with van der Waals surface area (Å²) in [6.07, 6.45) is 0. The second-order valence-corrected chi connectivity index (χ2v) is 14.6. The monoisotopic (exact) mass is 678 g/mol. The molecule has 1 aliphatic heterocycles. The smallest absolute Gasteiger partial charge is 0.0618 e. The van der Waals surface area contributed by atoms with E-state index in [9.17, 15) is 0 Å². The Morgan fingerprint density at radius 2 is 1.02 bits per heavy atom. The van der Waals surface area contributed by atoms with Gasteiger partial charge in [0.1, 0.15) is 0 Å². The number of benzene rings is 9. The van der Waals surface area contributed by atoms with Crippen LogP contribution in [0.1, 0.15) is 25.0 Å². The molecule has 0 saturated heterocycles. The molecule has 0 unspecified atom stereocenters. The SMILES string of the molecule is CC1(C)c2ccccc2N(c2c(-c3ccccc3)ccc3ccccc23)c2cccc(N(c3ccc4ccccc4c3)c3cccc4ccccc34)c21. The van der Waals surface area contributed by atoms with E-state index >= 15 is 0 Å². The molecular formula is C51H38N2. The lowest BCUT2D eigenvalue weighted by atomic mass is 9.72. The zero-order valence-corrected chi connectivity index (χ0v) is 29.9. The minimum Gasteiger partial charge on any atom is -0.309 e. The molecule has 0 spiro atoms. The van der Waals surface area contributed by atoms with Gasteiger partial charge in [0.05, 0.1) is 28.4 Å². The third-order valence-corrected chi connectivity index (χ3v) is 11.2. The van der Waals surface area contributed by atoms with Crippen LogP contribution in [0.5, 0.6) is 0 Å².